The molecule has 542 valence electrons. The third kappa shape index (κ3) is 21.1. The minimum absolute atomic E-state index is 0.0175. The Morgan fingerprint density at radius 3 is 2.09 bits per heavy atom. The van der Waals surface area contributed by atoms with Crippen molar-refractivity contribution in [2.24, 2.45) is 45.3 Å². The Hall–Kier alpha value is -8.38. The molecule has 98 heavy (non-hydrogen) atoms. The first-order valence-electron chi connectivity index (χ1n) is 30.4. The summed E-state index contributed by atoms with van der Waals surface area (Å²) in [6.45, 7) is 3.39. The number of hydrogen-bond acceptors (Lipinski definition) is 32. The number of guanidine groups is 1. The second kappa shape index (κ2) is 36.5. The number of amides is 8. The Morgan fingerprint density at radius 2 is 1.46 bits per heavy atom. The normalized spacial score (nSPS) is 23.6. The average Bonchev–Trinajstić information content (AvgIpc) is 0.925. The molecule has 4 aromatic rings. The minimum atomic E-state index is -2.20. The van der Waals surface area contributed by atoms with E-state index in [2.05, 4.69) is 66.8 Å². The molecule has 8 amide bonds. The first kappa shape index (κ1) is 78.6. The van der Waals surface area contributed by atoms with Crippen LogP contribution >= 0.6 is 22.7 Å². The maximum atomic E-state index is 15.2. The van der Waals surface area contributed by atoms with Crippen molar-refractivity contribution in [1.29, 1.82) is 0 Å². The molecule has 41 nitrogen and oxygen atoms in total. The van der Waals surface area contributed by atoms with E-state index in [4.69, 9.17) is 63.8 Å². The number of unbranched alkanes of at least 4 members (excludes halogenated alkanes) is 1. The number of rotatable bonds is 36. The quantitative estimate of drug-likeness (QED) is 0.0114. The minimum Gasteiger partial charge on any atom is -0.441 e. The molecule has 0 spiro atoms. The summed E-state index contributed by atoms with van der Waals surface area (Å²) in [5.41, 5.74) is 38.6. The number of hydrogen-bond donors (Lipinski definition) is 22. The van der Waals surface area contributed by atoms with Gasteiger partial charge in [-0.1, -0.05) is 6.92 Å². The van der Waals surface area contributed by atoms with Crippen LogP contribution in [0.5, 0.6) is 0 Å². The maximum Gasteiger partial charge on any atom is 0.404 e. The summed E-state index contributed by atoms with van der Waals surface area (Å²) in [6.07, 6.45) is -23.9. The number of thiazole rings is 2. The second-order valence-electron chi connectivity index (χ2n) is 22.8. The molecule has 0 radical (unpaired) electrons. The predicted octanol–water partition coefficient (Wildman–Crippen LogP) is -8.92. The molecule has 2 aliphatic heterocycles. The number of nitrogens with one attached hydrogen (secondary N) is 7. The summed E-state index contributed by atoms with van der Waals surface area (Å²) in [4.78, 5) is 135. The highest BCUT2D eigenvalue weighted by atomic mass is 32.1. The van der Waals surface area contributed by atoms with E-state index in [9.17, 15) is 74.4 Å². The fourth-order valence-corrected chi connectivity index (χ4v) is 11.5. The Kier molecular flexibility index (Phi) is 29.2. The molecule has 6 heterocycles. The van der Waals surface area contributed by atoms with E-state index >= 15 is 4.79 Å². The van der Waals surface area contributed by atoms with Crippen LogP contribution in [0.15, 0.2) is 28.3 Å². The number of primary amides is 3. The molecular weight excluding hydrogens is 1340 g/mol. The Bertz CT molecular complexity index is 3380. The zero-order chi connectivity index (χ0) is 72.4. The summed E-state index contributed by atoms with van der Waals surface area (Å²) >= 11 is 2.46. The lowest BCUT2D eigenvalue weighted by Gasteiger charge is -2.47. The van der Waals surface area contributed by atoms with Crippen molar-refractivity contribution in [2.45, 2.75) is 163 Å². The number of aliphatic hydroxyl groups excluding tert-OH is 8. The van der Waals surface area contributed by atoms with Crippen LogP contribution in [-0.2, 0) is 54.1 Å². The van der Waals surface area contributed by atoms with Crippen LogP contribution in [0, 0.1) is 12.8 Å². The van der Waals surface area contributed by atoms with E-state index < -0.39 is 183 Å². The van der Waals surface area contributed by atoms with Crippen molar-refractivity contribution >= 4 is 81.9 Å². The first-order valence-corrected chi connectivity index (χ1v) is 32.1. The first-order chi connectivity index (χ1) is 46.3. The van der Waals surface area contributed by atoms with Gasteiger partial charge in [-0.15, -0.1) is 22.7 Å². The van der Waals surface area contributed by atoms with E-state index in [-0.39, 0.29) is 60.0 Å². The number of carbonyl (C=O) groups excluding carboxylic acids is 8. The lowest BCUT2D eigenvalue weighted by Crippen LogP contribution is -2.65. The highest BCUT2D eigenvalue weighted by Gasteiger charge is 2.54. The number of carbonyl (C=O) groups is 8. The number of aliphatic imine (C=N–C) groups is 1. The molecule has 2 aliphatic rings. The summed E-state index contributed by atoms with van der Waals surface area (Å²) in [5.74, 6) is -8.85. The molecule has 0 saturated carbocycles. The number of aromatic amines is 1. The number of aliphatic hydroxyl groups is 8. The number of nitrogen functional groups attached to an aromatic ring is 1. The molecule has 0 aliphatic carbocycles. The molecule has 4 aromatic heterocycles. The number of nitrogens with two attached hydrogens (primary N) is 7. The Morgan fingerprint density at radius 1 is 0.765 bits per heavy atom. The van der Waals surface area contributed by atoms with Gasteiger partial charge >= 0.3 is 6.09 Å². The smallest absolute Gasteiger partial charge is 0.404 e. The Balaban J connectivity index is 1.24. The molecule has 19 atom stereocenters. The van der Waals surface area contributed by atoms with Gasteiger partial charge in [0.2, 0.25) is 29.5 Å². The van der Waals surface area contributed by atoms with E-state index in [0.717, 1.165) is 12.5 Å². The van der Waals surface area contributed by atoms with Crippen LogP contribution in [0.2, 0.25) is 0 Å². The van der Waals surface area contributed by atoms with E-state index in [0.29, 0.717) is 41.6 Å². The van der Waals surface area contributed by atoms with Gasteiger partial charge in [0.05, 0.1) is 72.7 Å². The van der Waals surface area contributed by atoms with Gasteiger partial charge in [0.15, 0.2) is 24.6 Å². The highest BCUT2D eigenvalue weighted by Crippen LogP contribution is 2.35. The molecule has 43 heteroatoms. The summed E-state index contributed by atoms with van der Waals surface area (Å²) < 4.78 is 28.7. The predicted molar refractivity (Wildman–Crippen MR) is 340 cm³/mol. The fourth-order valence-electron chi connectivity index (χ4n) is 9.88. The maximum absolute atomic E-state index is 15.2. The van der Waals surface area contributed by atoms with Gasteiger partial charge in [-0.3, -0.25) is 38.6 Å². The molecule has 0 bridgehead atoms. The summed E-state index contributed by atoms with van der Waals surface area (Å²) in [6, 6.07) is -7.89. The average molecular weight is 1430 g/mol. The largest absolute Gasteiger partial charge is 0.441 e. The van der Waals surface area contributed by atoms with Crippen molar-refractivity contribution in [3.05, 3.63) is 56.8 Å². The SMILES string of the molecule is Cc1c(N)nc(C(CC(N)=O)NCC(N)C(N)=O)nc1C(=O)NC(C(=O)NC(C)C(O)C(C)C(=O)NC(C(=O)NCCc1nc(-c2nc(C(=O)NCCCCN=C(N)N)cs2)cs1)C(C)O)C(OC1OC(CO)C(O)C(O)C1OC1OC(CO)C(O)C(OC(N)=O)C1O)c1cnc[nH]1. The molecule has 29 N–H and O–H groups in total. The monoisotopic (exact) mass is 1420 g/mol. The fraction of sp³-hybridized carbons (Fsp3) is 0.600. The van der Waals surface area contributed by atoms with Gasteiger partial charge in [0.1, 0.15) is 94.6 Å². The number of ether oxygens (including phenoxy) is 5. The van der Waals surface area contributed by atoms with E-state index in [1.807, 2.05) is 0 Å². The summed E-state index contributed by atoms with van der Waals surface area (Å²) in [5, 5.41) is 108. The number of H-pyrrole nitrogens is 1. The molecule has 6 rings (SSSR count). The van der Waals surface area contributed by atoms with Crippen LogP contribution < -0.4 is 72.0 Å². The third-order valence-electron chi connectivity index (χ3n) is 15.4. The number of anilines is 1. The molecule has 19 unspecified atom stereocenters. The van der Waals surface area contributed by atoms with Gasteiger partial charge < -0.3 is 142 Å². The standard InChI is InChI=1S/C55H84N20O21S2/c1-19-32(72-45(75-43(19)58)24(11-30(57)79)67-12-23(56)44(59)85)49(89)74-34(40(25-13-63-18-68-25)94-53-42(38(83)36(81)28(14-76)93-53)95-52-39(84)41(96-55(62)91)37(82)29(15-77)92-52)50(90)69-21(3)35(80)20(2)46(86)73-33(22(4)78)48(88)65-10-7-31-70-27(17-97-31)51-71-26(16-98-51)47(87)64-8-5-6-9-66-54(60)61/h13,16-18,20-24,28-29,33-42,52-53,67,76-78,80-84H,5-12,14-15,56H2,1-4H3,(H2,57,79)(H2,59,85)(H2,62,91)(H,63,68)(H,64,87)(H,65,88)(H,69,90)(H,73,86)(H,74,89)(H2,58,72,75)(H4,60,61,66). The van der Waals surface area contributed by atoms with Crippen molar-refractivity contribution < 1.29 is 103 Å². The number of aromatic nitrogens is 6. The third-order valence-corrected chi connectivity index (χ3v) is 17.2. The van der Waals surface area contributed by atoms with Crippen molar-refractivity contribution in [3.63, 3.8) is 0 Å². The van der Waals surface area contributed by atoms with Crippen molar-refractivity contribution in [2.75, 3.05) is 45.1 Å². The molecule has 2 saturated heterocycles. The van der Waals surface area contributed by atoms with Crippen LogP contribution in [0.4, 0.5) is 10.6 Å². The van der Waals surface area contributed by atoms with Gasteiger partial charge in [-0.05, 0) is 33.6 Å². The second-order valence-corrected chi connectivity index (χ2v) is 24.6. The van der Waals surface area contributed by atoms with Crippen molar-refractivity contribution in [1.82, 2.24) is 61.8 Å². The molecule has 0 aromatic carbocycles. The topological polar surface area (TPSA) is 691 Å². The lowest BCUT2D eigenvalue weighted by atomic mass is 9.96. The van der Waals surface area contributed by atoms with Crippen LogP contribution in [0.25, 0.3) is 10.7 Å². The molecular formula is C55H84N20O21S2. The lowest BCUT2D eigenvalue weighted by molar-refractivity contribution is -0.372. The van der Waals surface area contributed by atoms with Crippen LogP contribution in [-0.4, -0.2) is 261 Å². The zero-order valence-electron chi connectivity index (χ0n) is 53.3. The number of imidazole rings is 1. The molecule has 2 fully saturated rings. The Labute approximate surface area is 565 Å². The van der Waals surface area contributed by atoms with Gasteiger partial charge in [0, 0.05) is 55.3 Å². The van der Waals surface area contributed by atoms with E-state index in [1.165, 1.54) is 50.4 Å². The highest BCUT2D eigenvalue weighted by molar-refractivity contribution is 7.14. The zero-order valence-corrected chi connectivity index (χ0v) is 54.9. The van der Waals surface area contributed by atoms with E-state index in [1.54, 1.807) is 10.8 Å². The number of nitrogens with zero attached hydrogens (tertiary/aromatic N) is 6. The van der Waals surface area contributed by atoms with Crippen molar-refractivity contribution in [3.8, 4) is 10.7 Å². The van der Waals surface area contributed by atoms with Gasteiger partial charge in [0.25, 0.3) is 11.8 Å². The van der Waals surface area contributed by atoms with Crippen LogP contribution in [0.3, 0.4) is 0 Å². The van der Waals surface area contributed by atoms with Crippen LogP contribution in [0.1, 0.15) is 95.2 Å². The van der Waals surface area contributed by atoms with Gasteiger partial charge in [-0.25, -0.2) is 29.7 Å². The summed E-state index contributed by atoms with van der Waals surface area (Å²) in [7, 11) is 0. The van der Waals surface area contributed by atoms with Gasteiger partial charge in [-0.2, -0.15) is 0 Å².